The molecule has 1 aliphatic heterocycles. The zero-order chi connectivity index (χ0) is 13.8. The monoisotopic (exact) mass is 271 g/mol. The summed E-state index contributed by atoms with van der Waals surface area (Å²) in [6.07, 6.45) is 5.81. The van der Waals surface area contributed by atoms with E-state index in [1.165, 1.54) is 5.56 Å². The van der Waals surface area contributed by atoms with E-state index in [1.54, 1.807) is 0 Å². The van der Waals surface area contributed by atoms with Gasteiger partial charge in [-0.3, -0.25) is 4.90 Å². The Morgan fingerprint density at radius 3 is 2.55 bits per heavy atom. The van der Waals surface area contributed by atoms with Crippen molar-refractivity contribution in [2.45, 2.75) is 19.0 Å². The number of rotatable bonds is 4. The molecule has 1 fully saturated rings. The Balaban J connectivity index is 1.89. The minimum absolute atomic E-state index is 0.289. The highest BCUT2D eigenvalue weighted by Gasteiger charge is 2.27. The summed E-state index contributed by atoms with van der Waals surface area (Å²) < 4.78 is 7.67. The average Bonchev–Trinajstić information content (AvgIpc) is 3.03. The molecule has 0 saturated carbocycles. The van der Waals surface area contributed by atoms with Gasteiger partial charge in [0.15, 0.2) is 0 Å². The first-order chi connectivity index (χ1) is 9.86. The summed E-state index contributed by atoms with van der Waals surface area (Å²) in [5.41, 5.74) is 1.32. The molecule has 0 N–H and O–H groups in total. The Hall–Kier alpha value is -1.65. The van der Waals surface area contributed by atoms with Crippen molar-refractivity contribution < 1.29 is 4.74 Å². The number of morpholine rings is 1. The van der Waals surface area contributed by atoms with Crippen molar-refractivity contribution in [3.63, 3.8) is 0 Å². The predicted molar refractivity (Wildman–Crippen MR) is 78.7 cm³/mol. The maximum Gasteiger partial charge on any atom is 0.0952 e. The molecule has 0 amide bonds. The molecular formula is C16H21N3O. The fourth-order valence-electron chi connectivity index (χ4n) is 2.97. The largest absolute Gasteiger partial charge is 0.379 e. The minimum atomic E-state index is 0.289. The number of ether oxygens (including phenoxy) is 1. The third kappa shape index (κ3) is 2.76. The van der Waals surface area contributed by atoms with Gasteiger partial charge in [-0.15, -0.1) is 0 Å². The summed E-state index contributed by atoms with van der Waals surface area (Å²) in [6, 6.07) is 11.4. The van der Waals surface area contributed by atoms with Crippen LogP contribution in [0.5, 0.6) is 0 Å². The average molecular weight is 271 g/mol. The summed E-state index contributed by atoms with van der Waals surface area (Å²) in [5, 5.41) is 0. The second-order valence-corrected chi connectivity index (χ2v) is 5.25. The molecule has 1 saturated heterocycles. The van der Waals surface area contributed by atoms with Crippen molar-refractivity contribution in [3.05, 3.63) is 54.6 Å². The van der Waals surface area contributed by atoms with Gasteiger partial charge in [0.2, 0.25) is 0 Å². The molecule has 0 radical (unpaired) electrons. The highest BCUT2D eigenvalue weighted by Crippen LogP contribution is 2.25. The summed E-state index contributed by atoms with van der Waals surface area (Å²) >= 11 is 0. The van der Waals surface area contributed by atoms with Crippen LogP contribution in [0.4, 0.5) is 0 Å². The maximum atomic E-state index is 5.47. The van der Waals surface area contributed by atoms with Gasteiger partial charge in [-0.2, -0.15) is 0 Å². The van der Waals surface area contributed by atoms with E-state index in [1.807, 2.05) is 12.5 Å². The molecule has 4 heteroatoms. The lowest BCUT2D eigenvalue weighted by atomic mass is 9.98. The van der Waals surface area contributed by atoms with Crippen LogP contribution in [0.2, 0.25) is 0 Å². The fraction of sp³-hybridized carbons (Fsp3) is 0.438. The Morgan fingerprint density at radius 1 is 1.15 bits per heavy atom. The van der Waals surface area contributed by atoms with Gasteiger partial charge in [0, 0.05) is 31.5 Å². The van der Waals surface area contributed by atoms with Gasteiger partial charge >= 0.3 is 0 Å². The molecule has 106 valence electrons. The number of nitrogens with zero attached hydrogens (tertiary/aromatic N) is 3. The van der Waals surface area contributed by atoms with Gasteiger partial charge < -0.3 is 9.30 Å². The highest BCUT2D eigenvalue weighted by molar-refractivity contribution is 5.21. The van der Waals surface area contributed by atoms with Gasteiger partial charge in [-0.1, -0.05) is 30.3 Å². The topological polar surface area (TPSA) is 30.3 Å². The summed E-state index contributed by atoms with van der Waals surface area (Å²) in [6.45, 7) is 5.95. The quantitative estimate of drug-likeness (QED) is 0.854. The standard InChI is InChI=1S/C16H21N3O/c1-14(18-9-11-20-12-10-18)16(19-8-7-17-13-19)15-5-3-2-4-6-15/h2-8,13-14,16H,9-12H2,1H3/t14-,16+/m1/s1. The van der Waals surface area contributed by atoms with Gasteiger partial charge in [0.25, 0.3) is 0 Å². The maximum absolute atomic E-state index is 5.47. The molecule has 20 heavy (non-hydrogen) atoms. The van der Waals surface area contributed by atoms with Crippen molar-refractivity contribution in [2.75, 3.05) is 26.3 Å². The zero-order valence-corrected chi connectivity index (χ0v) is 11.9. The van der Waals surface area contributed by atoms with E-state index in [4.69, 9.17) is 4.74 Å². The lowest BCUT2D eigenvalue weighted by Crippen LogP contribution is -2.46. The van der Waals surface area contributed by atoms with E-state index in [-0.39, 0.29) is 6.04 Å². The Labute approximate surface area is 120 Å². The number of hydrogen-bond acceptors (Lipinski definition) is 3. The molecule has 1 aromatic heterocycles. The Morgan fingerprint density at radius 2 is 1.90 bits per heavy atom. The smallest absolute Gasteiger partial charge is 0.0952 e. The van der Waals surface area contributed by atoms with Gasteiger partial charge in [-0.05, 0) is 12.5 Å². The van der Waals surface area contributed by atoms with E-state index < -0.39 is 0 Å². The first-order valence-electron chi connectivity index (χ1n) is 7.20. The molecule has 0 spiro atoms. The molecule has 3 rings (SSSR count). The van der Waals surface area contributed by atoms with Gasteiger partial charge in [0.05, 0.1) is 25.6 Å². The van der Waals surface area contributed by atoms with Gasteiger partial charge in [0.1, 0.15) is 0 Å². The SMILES string of the molecule is C[C@H]([C@@H](c1ccccc1)n1ccnc1)N1CCOCC1. The second kappa shape index (κ2) is 6.20. The molecule has 2 aromatic rings. The van der Waals surface area contributed by atoms with E-state index in [2.05, 4.69) is 57.9 Å². The van der Waals surface area contributed by atoms with E-state index in [0.29, 0.717) is 6.04 Å². The molecule has 2 heterocycles. The summed E-state index contributed by atoms with van der Waals surface area (Å²) in [7, 11) is 0. The van der Waals surface area contributed by atoms with Crippen LogP contribution in [0.15, 0.2) is 49.1 Å². The molecule has 1 aromatic carbocycles. The van der Waals surface area contributed by atoms with Crippen molar-refractivity contribution in [3.8, 4) is 0 Å². The van der Waals surface area contributed by atoms with Crippen LogP contribution < -0.4 is 0 Å². The van der Waals surface area contributed by atoms with Crippen molar-refractivity contribution in [1.82, 2.24) is 14.5 Å². The zero-order valence-electron chi connectivity index (χ0n) is 11.9. The van der Waals surface area contributed by atoms with Crippen LogP contribution in [0.3, 0.4) is 0 Å². The lowest BCUT2D eigenvalue weighted by Gasteiger charge is -2.37. The molecule has 0 unspecified atom stereocenters. The lowest BCUT2D eigenvalue weighted by molar-refractivity contribution is 0.0124. The van der Waals surface area contributed by atoms with Crippen LogP contribution in [0.1, 0.15) is 18.5 Å². The molecule has 1 aliphatic rings. The first kappa shape index (κ1) is 13.3. The highest BCUT2D eigenvalue weighted by atomic mass is 16.5. The molecule has 2 atom stereocenters. The van der Waals surface area contributed by atoms with Gasteiger partial charge in [-0.25, -0.2) is 4.98 Å². The molecule has 0 bridgehead atoms. The summed E-state index contributed by atoms with van der Waals surface area (Å²) in [4.78, 5) is 6.72. The van der Waals surface area contributed by atoms with Crippen molar-refractivity contribution in [1.29, 1.82) is 0 Å². The van der Waals surface area contributed by atoms with E-state index in [0.717, 1.165) is 26.3 Å². The van der Waals surface area contributed by atoms with Crippen molar-refractivity contribution in [2.24, 2.45) is 0 Å². The molecular weight excluding hydrogens is 250 g/mol. The van der Waals surface area contributed by atoms with Crippen LogP contribution in [-0.4, -0.2) is 46.8 Å². The number of hydrogen-bond donors (Lipinski definition) is 0. The molecule has 4 nitrogen and oxygen atoms in total. The van der Waals surface area contributed by atoms with Crippen LogP contribution in [-0.2, 0) is 4.74 Å². The summed E-state index contributed by atoms with van der Waals surface area (Å²) in [5.74, 6) is 0. The number of aromatic nitrogens is 2. The van der Waals surface area contributed by atoms with E-state index >= 15 is 0 Å². The van der Waals surface area contributed by atoms with Crippen LogP contribution in [0.25, 0.3) is 0 Å². The minimum Gasteiger partial charge on any atom is -0.379 e. The fourth-order valence-corrected chi connectivity index (χ4v) is 2.97. The third-order valence-corrected chi connectivity index (χ3v) is 4.07. The molecule has 0 aliphatic carbocycles. The predicted octanol–water partition coefficient (Wildman–Crippen LogP) is 2.19. The number of imidazole rings is 1. The normalized spacial score (nSPS) is 19.6. The number of benzene rings is 1. The van der Waals surface area contributed by atoms with Crippen LogP contribution in [0, 0.1) is 0 Å². The van der Waals surface area contributed by atoms with Crippen molar-refractivity contribution >= 4 is 0 Å². The Kier molecular flexibility index (Phi) is 4.14. The third-order valence-electron chi connectivity index (χ3n) is 4.07. The van der Waals surface area contributed by atoms with E-state index in [9.17, 15) is 0 Å². The second-order valence-electron chi connectivity index (χ2n) is 5.25. The Bertz CT molecular complexity index is 506. The first-order valence-corrected chi connectivity index (χ1v) is 7.20. The van der Waals surface area contributed by atoms with Crippen LogP contribution >= 0.6 is 0 Å².